The molecular formula is C16H20N6O. The summed E-state index contributed by atoms with van der Waals surface area (Å²) in [5, 5.41) is 4.71. The first-order chi connectivity index (χ1) is 11.1. The Morgan fingerprint density at radius 3 is 2.65 bits per heavy atom. The second kappa shape index (κ2) is 6.62. The number of rotatable bonds is 4. The summed E-state index contributed by atoms with van der Waals surface area (Å²) in [4.78, 5) is 20.0. The Hall–Kier alpha value is -2.67. The summed E-state index contributed by atoms with van der Waals surface area (Å²) < 4.78 is 0. The highest BCUT2D eigenvalue weighted by molar-refractivity contribution is 5.79. The monoisotopic (exact) mass is 312 g/mol. The van der Waals surface area contributed by atoms with Gasteiger partial charge in [-0.3, -0.25) is 9.80 Å². The fourth-order valence-corrected chi connectivity index (χ4v) is 2.65. The molecule has 1 aliphatic carbocycles. The lowest BCUT2D eigenvalue weighted by atomic mass is 9.94. The van der Waals surface area contributed by atoms with Gasteiger partial charge in [0.1, 0.15) is 5.78 Å². The van der Waals surface area contributed by atoms with E-state index >= 15 is 0 Å². The number of nitrogens with two attached hydrogens (primary N) is 2. The highest BCUT2D eigenvalue weighted by Gasteiger charge is 2.19. The van der Waals surface area contributed by atoms with E-state index in [0.29, 0.717) is 41.8 Å². The maximum Gasteiger partial charge on any atom is 0.224 e. The van der Waals surface area contributed by atoms with Gasteiger partial charge in [0.05, 0.1) is 11.4 Å². The molecule has 1 aromatic heterocycles. The van der Waals surface area contributed by atoms with Crippen LogP contribution in [0.2, 0.25) is 0 Å². The number of hydrogen-bond acceptors (Lipinski definition) is 7. The predicted molar refractivity (Wildman–Crippen MR) is 90.1 cm³/mol. The number of hydrazine groups is 1. The normalized spacial score (nSPS) is 15.4. The smallest absolute Gasteiger partial charge is 0.224 e. The van der Waals surface area contributed by atoms with Crippen molar-refractivity contribution >= 4 is 28.9 Å². The van der Waals surface area contributed by atoms with Crippen LogP contribution in [-0.4, -0.2) is 21.8 Å². The summed E-state index contributed by atoms with van der Waals surface area (Å²) in [5.74, 6) is 7.51. The number of carbonyl (C=O) groups excluding carboxylic acids is 1. The van der Waals surface area contributed by atoms with Gasteiger partial charge in [-0.05, 0) is 25.0 Å². The largest absolute Gasteiger partial charge is 0.397 e. The lowest BCUT2D eigenvalue weighted by Crippen LogP contribution is -2.29. The molecule has 1 aromatic carbocycles. The number of hydrogen-bond donors (Lipinski definition) is 3. The Morgan fingerprint density at radius 2 is 1.91 bits per heavy atom. The van der Waals surface area contributed by atoms with Crippen molar-refractivity contribution in [1.29, 1.82) is 0 Å². The zero-order valence-corrected chi connectivity index (χ0v) is 12.8. The molecule has 0 saturated heterocycles. The standard InChI is InChI=1S/C16H20N6O/c17-13-3-1-2-4-14(13)22(18)15-9-10-19-16(21-15)20-11-5-7-12(23)8-6-11/h1-4,9-11H,5-8,17-18H2,(H,19,20,21). The molecule has 0 radical (unpaired) electrons. The molecule has 0 spiro atoms. The van der Waals surface area contributed by atoms with Gasteiger partial charge >= 0.3 is 0 Å². The third-order valence-corrected chi connectivity index (χ3v) is 3.96. The van der Waals surface area contributed by atoms with Crippen LogP contribution in [0.25, 0.3) is 0 Å². The first kappa shape index (κ1) is 15.2. The summed E-state index contributed by atoms with van der Waals surface area (Å²) in [6.07, 6.45) is 4.49. The third kappa shape index (κ3) is 3.57. The van der Waals surface area contributed by atoms with Crippen LogP contribution in [0.3, 0.4) is 0 Å². The molecule has 0 atom stereocenters. The molecule has 1 aliphatic rings. The van der Waals surface area contributed by atoms with Crippen molar-refractivity contribution in [3.8, 4) is 0 Å². The van der Waals surface area contributed by atoms with Gasteiger partial charge in [0.2, 0.25) is 5.95 Å². The Labute approximate surface area is 134 Å². The summed E-state index contributed by atoms with van der Waals surface area (Å²) >= 11 is 0. The average molecular weight is 312 g/mol. The van der Waals surface area contributed by atoms with Crippen molar-refractivity contribution in [3.05, 3.63) is 36.5 Å². The molecule has 0 amide bonds. The van der Waals surface area contributed by atoms with Crippen LogP contribution in [0, 0.1) is 0 Å². The van der Waals surface area contributed by atoms with Gasteiger partial charge in [0.25, 0.3) is 0 Å². The molecule has 0 aliphatic heterocycles. The van der Waals surface area contributed by atoms with Crippen LogP contribution in [0.5, 0.6) is 0 Å². The molecule has 23 heavy (non-hydrogen) atoms. The second-order valence-corrected chi connectivity index (χ2v) is 5.62. The fourth-order valence-electron chi connectivity index (χ4n) is 2.65. The van der Waals surface area contributed by atoms with E-state index in [0.717, 1.165) is 12.8 Å². The lowest BCUT2D eigenvalue weighted by molar-refractivity contribution is -0.120. The molecular weight excluding hydrogens is 292 g/mol. The fraction of sp³-hybridized carbons (Fsp3) is 0.312. The number of benzene rings is 1. The number of anilines is 4. The number of nitrogen functional groups attached to an aromatic ring is 1. The van der Waals surface area contributed by atoms with Crippen LogP contribution in [0.1, 0.15) is 25.7 Å². The van der Waals surface area contributed by atoms with E-state index in [1.54, 1.807) is 18.3 Å². The van der Waals surface area contributed by atoms with Gasteiger partial charge in [0, 0.05) is 31.1 Å². The van der Waals surface area contributed by atoms with Crippen molar-refractivity contribution in [3.63, 3.8) is 0 Å². The maximum atomic E-state index is 11.3. The maximum absolute atomic E-state index is 11.3. The Bertz CT molecular complexity index is 694. The zero-order valence-electron chi connectivity index (χ0n) is 12.8. The summed E-state index contributed by atoms with van der Waals surface area (Å²) in [6, 6.07) is 9.28. The molecule has 0 bridgehead atoms. The van der Waals surface area contributed by atoms with Gasteiger partial charge in [0.15, 0.2) is 5.82 Å². The van der Waals surface area contributed by atoms with Crippen molar-refractivity contribution in [2.24, 2.45) is 5.84 Å². The van der Waals surface area contributed by atoms with Gasteiger partial charge in [-0.25, -0.2) is 10.8 Å². The highest BCUT2D eigenvalue weighted by atomic mass is 16.1. The number of nitrogens with zero attached hydrogens (tertiary/aromatic N) is 3. The van der Waals surface area contributed by atoms with E-state index in [4.69, 9.17) is 11.6 Å². The lowest BCUT2D eigenvalue weighted by Gasteiger charge is -2.23. The molecule has 3 rings (SSSR count). The predicted octanol–water partition coefficient (Wildman–Crippen LogP) is 1.99. The molecule has 1 fully saturated rings. The average Bonchev–Trinajstić information content (AvgIpc) is 2.57. The van der Waals surface area contributed by atoms with E-state index in [2.05, 4.69) is 15.3 Å². The van der Waals surface area contributed by atoms with Crippen LogP contribution in [-0.2, 0) is 4.79 Å². The Morgan fingerprint density at radius 1 is 1.17 bits per heavy atom. The molecule has 1 saturated carbocycles. The molecule has 0 unspecified atom stereocenters. The topological polar surface area (TPSA) is 110 Å². The van der Waals surface area contributed by atoms with E-state index in [1.165, 1.54) is 5.01 Å². The van der Waals surface area contributed by atoms with E-state index in [-0.39, 0.29) is 6.04 Å². The van der Waals surface area contributed by atoms with E-state index in [9.17, 15) is 4.79 Å². The molecule has 1 heterocycles. The van der Waals surface area contributed by atoms with Crippen LogP contribution < -0.4 is 21.9 Å². The molecule has 2 aromatic rings. The molecule has 7 nitrogen and oxygen atoms in total. The van der Waals surface area contributed by atoms with Gasteiger partial charge in [-0.1, -0.05) is 12.1 Å². The number of ketones is 1. The highest BCUT2D eigenvalue weighted by Crippen LogP contribution is 2.26. The first-order valence-electron chi connectivity index (χ1n) is 7.64. The van der Waals surface area contributed by atoms with Gasteiger partial charge < -0.3 is 11.1 Å². The van der Waals surface area contributed by atoms with Gasteiger partial charge in [-0.15, -0.1) is 0 Å². The van der Waals surface area contributed by atoms with Crippen molar-refractivity contribution in [2.75, 3.05) is 16.1 Å². The minimum Gasteiger partial charge on any atom is -0.397 e. The first-order valence-corrected chi connectivity index (χ1v) is 7.64. The number of para-hydroxylation sites is 2. The zero-order chi connectivity index (χ0) is 16.2. The number of aromatic nitrogens is 2. The van der Waals surface area contributed by atoms with Crippen molar-refractivity contribution in [2.45, 2.75) is 31.7 Å². The molecule has 7 heteroatoms. The number of Topliss-reactive ketones (excluding diaryl/α,β-unsaturated/α-hetero) is 1. The molecule has 5 N–H and O–H groups in total. The minimum atomic E-state index is 0.218. The van der Waals surface area contributed by atoms with Crippen LogP contribution >= 0.6 is 0 Å². The van der Waals surface area contributed by atoms with E-state index < -0.39 is 0 Å². The van der Waals surface area contributed by atoms with Crippen molar-refractivity contribution < 1.29 is 4.79 Å². The number of nitrogens with one attached hydrogen (secondary N) is 1. The summed E-state index contributed by atoms with van der Waals surface area (Å²) in [7, 11) is 0. The summed E-state index contributed by atoms with van der Waals surface area (Å²) in [6.45, 7) is 0. The van der Waals surface area contributed by atoms with E-state index in [1.807, 2.05) is 18.2 Å². The number of carbonyl (C=O) groups is 1. The quantitative estimate of drug-likeness (QED) is 0.450. The third-order valence-electron chi connectivity index (χ3n) is 3.96. The SMILES string of the molecule is Nc1ccccc1N(N)c1ccnc(NC2CCC(=O)CC2)n1. The van der Waals surface area contributed by atoms with Gasteiger partial charge in [-0.2, -0.15) is 4.98 Å². The minimum absolute atomic E-state index is 0.218. The second-order valence-electron chi connectivity index (χ2n) is 5.62. The van der Waals surface area contributed by atoms with Crippen LogP contribution in [0.4, 0.5) is 23.1 Å². The van der Waals surface area contributed by atoms with Crippen molar-refractivity contribution in [1.82, 2.24) is 9.97 Å². The Kier molecular flexibility index (Phi) is 4.38. The molecule has 120 valence electrons. The summed E-state index contributed by atoms with van der Waals surface area (Å²) in [5.41, 5.74) is 7.21. The van der Waals surface area contributed by atoms with Crippen LogP contribution in [0.15, 0.2) is 36.5 Å². The Balaban J connectivity index is 1.74.